The maximum Gasteiger partial charge on any atom is 0.0572 e. The fraction of sp³-hybridized carbons (Fsp3) is 0.706. The molecule has 20 heavy (non-hydrogen) atoms. The van der Waals surface area contributed by atoms with E-state index in [4.69, 9.17) is 0 Å². The zero-order valence-electron chi connectivity index (χ0n) is 13.4. The molecule has 1 fully saturated rings. The SMILES string of the molecule is CCC1CNC(CC)(CC)CN1C(C)c1ccccn1. The maximum absolute atomic E-state index is 4.56. The Kier molecular flexibility index (Phi) is 5.17. The summed E-state index contributed by atoms with van der Waals surface area (Å²) in [7, 11) is 0. The number of pyridine rings is 1. The molecule has 1 aromatic heterocycles. The topological polar surface area (TPSA) is 28.2 Å². The summed E-state index contributed by atoms with van der Waals surface area (Å²) in [6, 6.07) is 7.24. The molecule has 2 heterocycles. The Balaban J connectivity index is 2.21. The van der Waals surface area contributed by atoms with Gasteiger partial charge in [0, 0.05) is 36.9 Å². The largest absolute Gasteiger partial charge is 0.308 e. The fourth-order valence-corrected chi connectivity index (χ4v) is 3.33. The van der Waals surface area contributed by atoms with Crippen LogP contribution in [0.4, 0.5) is 0 Å². The molecule has 2 atom stereocenters. The van der Waals surface area contributed by atoms with Crippen molar-refractivity contribution < 1.29 is 0 Å². The van der Waals surface area contributed by atoms with E-state index in [2.05, 4.69) is 55.0 Å². The Labute approximate surface area is 123 Å². The van der Waals surface area contributed by atoms with Crippen molar-refractivity contribution in [1.29, 1.82) is 0 Å². The van der Waals surface area contributed by atoms with Crippen molar-refractivity contribution in [3.8, 4) is 0 Å². The lowest BCUT2D eigenvalue weighted by atomic mass is 9.87. The van der Waals surface area contributed by atoms with Gasteiger partial charge in [0.05, 0.1) is 5.69 Å². The molecule has 0 bridgehead atoms. The molecule has 0 saturated carbocycles. The number of nitrogens with zero attached hydrogens (tertiary/aromatic N) is 2. The second-order valence-electron chi connectivity index (χ2n) is 6.03. The monoisotopic (exact) mass is 275 g/mol. The highest BCUT2D eigenvalue weighted by Gasteiger charge is 2.38. The number of rotatable bonds is 5. The van der Waals surface area contributed by atoms with E-state index < -0.39 is 0 Å². The first kappa shape index (κ1) is 15.5. The zero-order chi connectivity index (χ0) is 14.6. The fourth-order valence-electron chi connectivity index (χ4n) is 3.33. The lowest BCUT2D eigenvalue weighted by Crippen LogP contribution is -2.64. The van der Waals surface area contributed by atoms with Crippen LogP contribution in [-0.2, 0) is 0 Å². The van der Waals surface area contributed by atoms with Gasteiger partial charge in [0.15, 0.2) is 0 Å². The normalized spacial score (nSPS) is 24.5. The third-order valence-corrected chi connectivity index (χ3v) is 5.11. The minimum Gasteiger partial charge on any atom is -0.308 e. The second-order valence-corrected chi connectivity index (χ2v) is 6.03. The molecule has 1 aliphatic rings. The van der Waals surface area contributed by atoms with E-state index in [0.29, 0.717) is 12.1 Å². The average molecular weight is 275 g/mol. The summed E-state index contributed by atoms with van der Waals surface area (Å²) in [4.78, 5) is 7.22. The quantitative estimate of drug-likeness (QED) is 0.893. The van der Waals surface area contributed by atoms with Crippen LogP contribution >= 0.6 is 0 Å². The average Bonchev–Trinajstić information content (AvgIpc) is 2.54. The standard InChI is InChI=1S/C17H29N3/c1-5-15-12-19-17(6-2,7-3)13-20(15)14(4)16-10-8-9-11-18-16/h8-11,14-15,19H,5-7,12-13H2,1-4H3. The molecule has 0 spiro atoms. The summed E-state index contributed by atoms with van der Waals surface area (Å²) in [6.45, 7) is 11.4. The lowest BCUT2D eigenvalue weighted by molar-refractivity contribution is 0.0386. The Hall–Kier alpha value is -0.930. The van der Waals surface area contributed by atoms with E-state index in [1.165, 1.54) is 25.0 Å². The van der Waals surface area contributed by atoms with Crippen LogP contribution in [0.5, 0.6) is 0 Å². The molecule has 112 valence electrons. The van der Waals surface area contributed by atoms with Crippen molar-refractivity contribution in [2.45, 2.75) is 64.6 Å². The second kappa shape index (κ2) is 6.68. The predicted octanol–water partition coefficient (Wildman–Crippen LogP) is 3.39. The van der Waals surface area contributed by atoms with Gasteiger partial charge in [-0.05, 0) is 38.3 Å². The van der Waals surface area contributed by atoms with Gasteiger partial charge in [0.2, 0.25) is 0 Å². The smallest absolute Gasteiger partial charge is 0.0572 e. The summed E-state index contributed by atoms with van der Waals surface area (Å²) in [5.41, 5.74) is 1.46. The Morgan fingerprint density at radius 1 is 1.35 bits per heavy atom. The first-order valence-electron chi connectivity index (χ1n) is 8.07. The molecule has 2 unspecified atom stereocenters. The summed E-state index contributed by atoms with van der Waals surface area (Å²) in [5, 5.41) is 3.81. The van der Waals surface area contributed by atoms with Crippen molar-refractivity contribution in [2.24, 2.45) is 0 Å². The number of piperazine rings is 1. The first-order chi connectivity index (χ1) is 9.65. The van der Waals surface area contributed by atoms with Gasteiger partial charge in [-0.15, -0.1) is 0 Å². The van der Waals surface area contributed by atoms with Gasteiger partial charge in [-0.2, -0.15) is 0 Å². The van der Waals surface area contributed by atoms with E-state index >= 15 is 0 Å². The van der Waals surface area contributed by atoms with Crippen LogP contribution in [-0.4, -0.2) is 34.6 Å². The van der Waals surface area contributed by atoms with Crippen LogP contribution < -0.4 is 5.32 Å². The van der Waals surface area contributed by atoms with E-state index in [1.54, 1.807) is 0 Å². The molecular formula is C17H29N3. The van der Waals surface area contributed by atoms with Gasteiger partial charge in [-0.3, -0.25) is 9.88 Å². The summed E-state index contributed by atoms with van der Waals surface area (Å²) in [5.74, 6) is 0. The maximum atomic E-state index is 4.56. The summed E-state index contributed by atoms with van der Waals surface area (Å²) >= 11 is 0. The van der Waals surface area contributed by atoms with E-state index in [-0.39, 0.29) is 5.54 Å². The van der Waals surface area contributed by atoms with Gasteiger partial charge >= 0.3 is 0 Å². The lowest BCUT2D eigenvalue weighted by Gasteiger charge is -2.49. The molecule has 3 heteroatoms. The van der Waals surface area contributed by atoms with Crippen LogP contribution in [0.1, 0.15) is 58.7 Å². The van der Waals surface area contributed by atoms with Crippen LogP contribution in [0.15, 0.2) is 24.4 Å². The Morgan fingerprint density at radius 2 is 2.10 bits per heavy atom. The van der Waals surface area contributed by atoms with Crippen LogP contribution in [0, 0.1) is 0 Å². The number of hydrogen-bond acceptors (Lipinski definition) is 3. The molecular weight excluding hydrogens is 246 g/mol. The van der Waals surface area contributed by atoms with Gasteiger partial charge in [0.25, 0.3) is 0 Å². The molecule has 0 aliphatic carbocycles. The summed E-state index contributed by atoms with van der Waals surface area (Å²) in [6.07, 6.45) is 5.46. The molecule has 3 nitrogen and oxygen atoms in total. The highest BCUT2D eigenvalue weighted by Crippen LogP contribution is 2.30. The van der Waals surface area contributed by atoms with Crippen LogP contribution in [0.3, 0.4) is 0 Å². The molecule has 0 aromatic carbocycles. The predicted molar refractivity (Wildman–Crippen MR) is 84.8 cm³/mol. The molecule has 1 N–H and O–H groups in total. The van der Waals surface area contributed by atoms with Crippen molar-refractivity contribution in [2.75, 3.05) is 13.1 Å². The highest BCUT2D eigenvalue weighted by atomic mass is 15.3. The van der Waals surface area contributed by atoms with Crippen molar-refractivity contribution in [3.05, 3.63) is 30.1 Å². The Bertz CT molecular complexity index is 400. The van der Waals surface area contributed by atoms with Crippen molar-refractivity contribution in [3.63, 3.8) is 0 Å². The van der Waals surface area contributed by atoms with Gasteiger partial charge in [-0.25, -0.2) is 0 Å². The third-order valence-electron chi connectivity index (χ3n) is 5.11. The molecule has 1 saturated heterocycles. The number of hydrogen-bond donors (Lipinski definition) is 1. The minimum atomic E-state index is 0.273. The van der Waals surface area contributed by atoms with Gasteiger partial charge in [-0.1, -0.05) is 26.8 Å². The van der Waals surface area contributed by atoms with Crippen molar-refractivity contribution >= 4 is 0 Å². The van der Waals surface area contributed by atoms with Crippen LogP contribution in [0.2, 0.25) is 0 Å². The third kappa shape index (κ3) is 3.04. The molecule has 2 rings (SSSR count). The summed E-state index contributed by atoms with van der Waals surface area (Å²) < 4.78 is 0. The molecule has 0 amide bonds. The minimum absolute atomic E-state index is 0.273. The van der Waals surface area contributed by atoms with Crippen LogP contribution in [0.25, 0.3) is 0 Å². The number of aromatic nitrogens is 1. The van der Waals surface area contributed by atoms with Gasteiger partial charge in [0.1, 0.15) is 0 Å². The van der Waals surface area contributed by atoms with Gasteiger partial charge < -0.3 is 5.32 Å². The molecule has 0 radical (unpaired) electrons. The molecule has 1 aromatic rings. The number of nitrogens with one attached hydrogen (secondary N) is 1. The first-order valence-corrected chi connectivity index (χ1v) is 8.07. The van der Waals surface area contributed by atoms with E-state index in [1.807, 2.05) is 12.3 Å². The van der Waals surface area contributed by atoms with E-state index in [0.717, 1.165) is 13.1 Å². The highest BCUT2D eigenvalue weighted by molar-refractivity contribution is 5.10. The molecule has 1 aliphatic heterocycles. The van der Waals surface area contributed by atoms with Crippen molar-refractivity contribution in [1.82, 2.24) is 15.2 Å². The van der Waals surface area contributed by atoms with E-state index in [9.17, 15) is 0 Å². The Morgan fingerprint density at radius 3 is 2.65 bits per heavy atom. The zero-order valence-corrected chi connectivity index (χ0v) is 13.4.